The Bertz CT molecular complexity index is 868. The molecule has 0 aromatic heterocycles. The molecule has 7 heteroatoms. The SMILES string of the molecule is CCc1ccc(C(C(=O)NC2CCCCC2)N(C(=O)C(NC(=O)OC(C)(C)C)C(C)C)C(C)C)cc1. The van der Waals surface area contributed by atoms with E-state index in [0.29, 0.717) is 0 Å². The Balaban J connectivity index is 2.43. The van der Waals surface area contributed by atoms with Crippen molar-refractivity contribution in [3.63, 3.8) is 0 Å². The van der Waals surface area contributed by atoms with Crippen molar-refractivity contribution >= 4 is 17.9 Å². The predicted octanol–water partition coefficient (Wildman–Crippen LogP) is 5.53. The van der Waals surface area contributed by atoms with Crippen LogP contribution in [-0.2, 0) is 20.7 Å². The van der Waals surface area contributed by atoms with Gasteiger partial charge in [0.1, 0.15) is 17.7 Å². The molecule has 0 spiro atoms. The molecule has 2 unspecified atom stereocenters. The highest BCUT2D eigenvalue weighted by molar-refractivity contribution is 5.92. The molecule has 2 N–H and O–H groups in total. The smallest absolute Gasteiger partial charge is 0.408 e. The molecule has 36 heavy (non-hydrogen) atoms. The lowest BCUT2D eigenvalue weighted by molar-refractivity contribution is -0.145. The van der Waals surface area contributed by atoms with Gasteiger partial charge in [0, 0.05) is 12.1 Å². The van der Waals surface area contributed by atoms with E-state index < -0.39 is 23.8 Å². The van der Waals surface area contributed by atoms with Gasteiger partial charge < -0.3 is 20.3 Å². The van der Waals surface area contributed by atoms with Crippen LogP contribution in [0.4, 0.5) is 4.79 Å². The summed E-state index contributed by atoms with van der Waals surface area (Å²) in [5.74, 6) is -0.669. The van der Waals surface area contributed by atoms with Gasteiger partial charge in [-0.15, -0.1) is 0 Å². The number of alkyl carbamates (subject to hydrolysis) is 1. The minimum absolute atomic E-state index is 0.119. The summed E-state index contributed by atoms with van der Waals surface area (Å²) < 4.78 is 5.43. The van der Waals surface area contributed by atoms with Crippen molar-refractivity contribution in [2.75, 3.05) is 0 Å². The van der Waals surface area contributed by atoms with Crippen LogP contribution in [0.2, 0.25) is 0 Å². The van der Waals surface area contributed by atoms with Crippen molar-refractivity contribution in [2.45, 2.75) is 124 Å². The first-order valence-electron chi connectivity index (χ1n) is 13.5. The van der Waals surface area contributed by atoms with Crippen LogP contribution in [0.5, 0.6) is 0 Å². The molecule has 1 aliphatic carbocycles. The Morgan fingerprint density at radius 2 is 1.58 bits per heavy atom. The average Bonchev–Trinajstić information content (AvgIpc) is 2.79. The molecule has 1 fully saturated rings. The Labute approximate surface area is 217 Å². The number of carbonyl (C=O) groups excluding carboxylic acids is 3. The van der Waals surface area contributed by atoms with E-state index in [-0.39, 0.29) is 29.8 Å². The normalized spacial score (nSPS) is 16.4. The van der Waals surface area contributed by atoms with Gasteiger partial charge in [0.05, 0.1) is 0 Å². The second-order valence-corrected chi connectivity index (χ2v) is 11.5. The maximum Gasteiger partial charge on any atom is 0.408 e. The zero-order chi connectivity index (χ0) is 27.0. The minimum Gasteiger partial charge on any atom is -0.444 e. The van der Waals surface area contributed by atoms with E-state index in [4.69, 9.17) is 4.74 Å². The Morgan fingerprint density at radius 1 is 1.00 bits per heavy atom. The Hall–Kier alpha value is -2.57. The predicted molar refractivity (Wildman–Crippen MR) is 144 cm³/mol. The molecular formula is C29H47N3O4. The summed E-state index contributed by atoms with van der Waals surface area (Å²) in [6.45, 7) is 15.0. The maximum atomic E-state index is 14.0. The molecule has 1 aromatic rings. The fourth-order valence-corrected chi connectivity index (χ4v) is 4.69. The molecule has 0 radical (unpaired) electrons. The molecule has 2 atom stereocenters. The minimum atomic E-state index is -0.831. The molecule has 0 saturated heterocycles. The quantitative estimate of drug-likeness (QED) is 0.466. The summed E-state index contributed by atoms with van der Waals surface area (Å²) >= 11 is 0. The van der Waals surface area contributed by atoms with E-state index in [1.807, 2.05) is 52.0 Å². The van der Waals surface area contributed by atoms with Crippen LogP contribution >= 0.6 is 0 Å². The van der Waals surface area contributed by atoms with E-state index in [0.717, 1.165) is 37.7 Å². The molecule has 0 heterocycles. The van der Waals surface area contributed by atoms with E-state index in [9.17, 15) is 14.4 Å². The van der Waals surface area contributed by atoms with E-state index >= 15 is 0 Å². The summed E-state index contributed by atoms with van der Waals surface area (Å²) in [7, 11) is 0. The number of benzene rings is 1. The second-order valence-electron chi connectivity index (χ2n) is 11.5. The molecule has 0 aliphatic heterocycles. The van der Waals surface area contributed by atoms with Gasteiger partial charge >= 0.3 is 6.09 Å². The van der Waals surface area contributed by atoms with Crippen LogP contribution in [0, 0.1) is 5.92 Å². The molecular weight excluding hydrogens is 454 g/mol. The number of carbonyl (C=O) groups is 3. The van der Waals surface area contributed by atoms with Crippen LogP contribution in [0.15, 0.2) is 24.3 Å². The monoisotopic (exact) mass is 501 g/mol. The van der Waals surface area contributed by atoms with Crippen molar-refractivity contribution in [3.05, 3.63) is 35.4 Å². The number of hydrogen-bond acceptors (Lipinski definition) is 4. The van der Waals surface area contributed by atoms with Gasteiger partial charge in [0.25, 0.3) is 0 Å². The molecule has 0 bridgehead atoms. The number of nitrogens with one attached hydrogen (secondary N) is 2. The van der Waals surface area contributed by atoms with Gasteiger partial charge in [-0.2, -0.15) is 0 Å². The molecule has 1 aliphatic rings. The number of ether oxygens (including phenoxy) is 1. The van der Waals surface area contributed by atoms with Crippen molar-refractivity contribution < 1.29 is 19.1 Å². The third-order valence-electron chi connectivity index (χ3n) is 6.60. The van der Waals surface area contributed by atoms with Gasteiger partial charge in [0.2, 0.25) is 11.8 Å². The Morgan fingerprint density at radius 3 is 2.06 bits per heavy atom. The van der Waals surface area contributed by atoms with E-state index in [1.165, 1.54) is 12.0 Å². The first-order chi connectivity index (χ1) is 16.8. The standard InChI is InChI=1S/C29H47N3O4/c1-9-21-15-17-22(18-16-21)25(26(33)30-23-13-11-10-12-14-23)32(20(4)5)27(34)24(19(2)3)31-28(35)36-29(6,7)8/h15-20,23-25H,9-14H2,1-8H3,(H,30,33)(H,31,35). The lowest BCUT2D eigenvalue weighted by Gasteiger charge is -2.39. The largest absolute Gasteiger partial charge is 0.444 e. The molecule has 7 nitrogen and oxygen atoms in total. The highest BCUT2D eigenvalue weighted by Gasteiger charge is 2.39. The van der Waals surface area contributed by atoms with Gasteiger partial charge in [-0.05, 0) is 70.9 Å². The first-order valence-corrected chi connectivity index (χ1v) is 13.5. The van der Waals surface area contributed by atoms with Gasteiger partial charge in [0.15, 0.2) is 0 Å². The summed E-state index contributed by atoms with van der Waals surface area (Å²) in [5.41, 5.74) is 1.25. The number of rotatable bonds is 9. The summed E-state index contributed by atoms with van der Waals surface area (Å²) in [4.78, 5) is 42.1. The van der Waals surface area contributed by atoms with Crippen LogP contribution in [0.3, 0.4) is 0 Å². The highest BCUT2D eigenvalue weighted by atomic mass is 16.6. The Kier molecular flexibility index (Phi) is 10.8. The van der Waals surface area contributed by atoms with Crippen LogP contribution in [0.25, 0.3) is 0 Å². The molecule has 2 rings (SSSR count). The van der Waals surface area contributed by atoms with Gasteiger partial charge in [-0.3, -0.25) is 9.59 Å². The first kappa shape index (κ1) is 29.7. The highest BCUT2D eigenvalue weighted by Crippen LogP contribution is 2.28. The number of nitrogens with zero attached hydrogens (tertiary/aromatic N) is 1. The maximum absolute atomic E-state index is 14.0. The average molecular weight is 502 g/mol. The fraction of sp³-hybridized carbons (Fsp3) is 0.690. The summed E-state index contributed by atoms with van der Waals surface area (Å²) in [6.07, 6.45) is 5.55. The summed E-state index contributed by atoms with van der Waals surface area (Å²) in [5, 5.41) is 6.00. The lowest BCUT2D eigenvalue weighted by atomic mass is 9.93. The second kappa shape index (κ2) is 13.1. The lowest BCUT2D eigenvalue weighted by Crippen LogP contribution is -2.57. The van der Waals surface area contributed by atoms with Crippen LogP contribution < -0.4 is 10.6 Å². The fourth-order valence-electron chi connectivity index (χ4n) is 4.69. The number of aryl methyl sites for hydroxylation is 1. The van der Waals surface area contributed by atoms with Crippen molar-refractivity contribution in [1.82, 2.24) is 15.5 Å². The van der Waals surface area contributed by atoms with Crippen molar-refractivity contribution in [1.29, 1.82) is 0 Å². The zero-order valence-corrected chi connectivity index (χ0v) is 23.5. The van der Waals surface area contributed by atoms with Crippen molar-refractivity contribution in [3.8, 4) is 0 Å². The molecule has 3 amide bonds. The third kappa shape index (κ3) is 8.52. The third-order valence-corrected chi connectivity index (χ3v) is 6.60. The van der Waals surface area contributed by atoms with E-state index in [2.05, 4.69) is 17.6 Å². The number of hydrogen-bond donors (Lipinski definition) is 2. The van der Waals surface area contributed by atoms with Crippen LogP contribution in [-0.4, -0.2) is 46.5 Å². The van der Waals surface area contributed by atoms with E-state index in [1.54, 1.807) is 25.7 Å². The van der Waals surface area contributed by atoms with Gasteiger partial charge in [-0.25, -0.2) is 4.79 Å². The molecule has 1 aromatic carbocycles. The number of amides is 3. The van der Waals surface area contributed by atoms with Crippen molar-refractivity contribution in [2.24, 2.45) is 5.92 Å². The van der Waals surface area contributed by atoms with Gasteiger partial charge in [-0.1, -0.05) is 64.3 Å². The molecule has 202 valence electrons. The zero-order valence-electron chi connectivity index (χ0n) is 23.5. The van der Waals surface area contributed by atoms with Crippen LogP contribution in [0.1, 0.15) is 105 Å². The molecule has 1 saturated carbocycles. The summed E-state index contributed by atoms with van der Waals surface area (Å²) in [6, 6.07) is 6.13. The topological polar surface area (TPSA) is 87.7 Å².